The highest BCUT2D eigenvalue weighted by molar-refractivity contribution is 5.66. The Kier molecular flexibility index (Phi) is 2.61. The molecule has 2 heterocycles. The van der Waals surface area contributed by atoms with Crippen molar-refractivity contribution in [3.8, 4) is 0 Å². The van der Waals surface area contributed by atoms with E-state index in [2.05, 4.69) is 5.32 Å². The normalized spacial score (nSPS) is 37.4. The fraction of sp³-hybridized carbons (Fsp3) is 0.909. The Morgan fingerprint density at radius 2 is 2.12 bits per heavy atom. The summed E-state index contributed by atoms with van der Waals surface area (Å²) in [6.45, 7) is 4.48. The van der Waals surface area contributed by atoms with Crippen LogP contribution in [0.2, 0.25) is 0 Å². The van der Waals surface area contributed by atoms with Crippen LogP contribution in [0.1, 0.15) is 26.7 Å². The van der Waals surface area contributed by atoms with Gasteiger partial charge in [0.05, 0.1) is 6.67 Å². The monoisotopic (exact) mass is 230 g/mol. The summed E-state index contributed by atoms with van der Waals surface area (Å²) < 4.78 is 13.0. The zero-order valence-electron chi connectivity index (χ0n) is 9.79. The summed E-state index contributed by atoms with van der Waals surface area (Å²) in [5, 5.41) is 12.4. The van der Waals surface area contributed by atoms with Crippen molar-refractivity contribution in [1.82, 2.24) is 10.2 Å². The van der Waals surface area contributed by atoms with E-state index in [1.807, 2.05) is 13.8 Å². The number of fused-ring (bicyclic) bond motifs is 2. The highest BCUT2D eigenvalue weighted by atomic mass is 19.1. The zero-order valence-corrected chi connectivity index (χ0v) is 9.79. The van der Waals surface area contributed by atoms with E-state index < -0.39 is 18.2 Å². The molecule has 16 heavy (non-hydrogen) atoms. The second kappa shape index (κ2) is 3.58. The van der Waals surface area contributed by atoms with Gasteiger partial charge in [0.1, 0.15) is 0 Å². The van der Waals surface area contributed by atoms with Crippen LogP contribution in [0.15, 0.2) is 0 Å². The molecule has 4 nitrogen and oxygen atoms in total. The molecule has 5 heteroatoms. The summed E-state index contributed by atoms with van der Waals surface area (Å²) in [5.41, 5.74) is -0.602. The number of nitrogens with zero attached hydrogens (tertiary/aromatic N) is 1. The molecule has 3 rings (SSSR count). The third kappa shape index (κ3) is 1.77. The lowest BCUT2D eigenvalue weighted by Crippen LogP contribution is -2.74. The van der Waals surface area contributed by atoms with Crippen LogP contribution in [0.25, 0.3) is 0 Å². The minimum atomic E-state index is -0.938. The van der Waals surface area contributed by atoms with Gasteiger partial charge in [0.15, 0.2) is 0 Å². The molecule has 2 bridgehead atoms. The Balaban J connectivity index is 2.10. The lowest BCUT2D eigenvalue weighted by molar-refractivity contribution is -0.102. The molecule has 0 spiro atoms. The SMILES string of the molecule is CC(C)NC12CN(C(=O)O)CC(CF)(C1)C2. The van der Waals surface area contributed by atoms with Gasteiger partial charge in [0.25, 0.3) is 0 Å². The quantitative estimate of drug-likeness (QED) is 0.772. The van der Waals surface area contributed by atoms with E-state index in [0.29, 0.717) is 19.1 Å². The van der Waals surface area contributed by atoms with Gasteiger partial charge in [0, 0.05) is 30.1 Å². The summed E-state index contributed by atoms with van der Waals surface area (Å²) >= 11 is 0. The zero-order chi connectivity index (χ0) is 12.0. The van der Waals surface area contributed by atoms with Crippen LogP contribution < -0.4 is 5.32 Å². The molecule has 3 fully saturated rings. The molecule has 3 aliphatic rings. The third-order valence-corrected chi connectivity index (χ3v) is 3.60. The van der Waals surface area contributed by atoms with E-state index in [1.165, 1.54) is 4.90 Å². The predicted molar refractivity (Wildman–Crippen MR) is 58.2 cm³/mol. The van der Waals surface area contributed by atoms with Crippen molar-refractivity contribution in [2.75, 3.05) is 19.8 Å². The summed E-state index contributed by atoms with van der Waals surface area (Å²) in [6.07, 6.45) is 0.587. The number of carbonyl (C=O) groups is 1. The number of carboxylic acid groups (broad SMARTS) is 1. The first kappa shape index (κ1) is 11.6. The molecule has 1 aliphatic carbocycles. The highest BCUT2D eigenvalue weighted by Gasteiger charge is 2.60. The molecule has 2 aliphatic heterocycles. The topological polar surface area (TPSA) is 52.6 Å². The number of hydrogen-bond acceptors (Lipinski definition) is 2. The number of halogens is 1. The molecule has 0 radical (unpaired) electrons. The van der Waals surface area contributed by atoms with Crippen molar-refractivity contribution < 1.29 is 14.3 Å². The van der Waals surface area contributed by atoms with E-state index in [9.17, 15) is 9.18 Å². The maximum atomic E-state index is 13.0. The van der Waals surface area contributed by atoms with Crippen LogP contribution >= 0.6 is 0 Å². The Labute approximate surface area is 94.8 Å². The average Bonchev–Trinajstić information content (AvgIpc) is 2.14. The van der Waals surface area contributed by atoms with Gasteiger partial charge in [-0.1, -0.05) is 13.8 Å². The van der Waals surface area contributed by atoms with Gasteiger partial charge in [0.2, 0.25) is 0 Å². The van der Waals surface area contributed by atoms with Crippen LogP contribution in [-0.2, 0) is 0 Å². The summed E-state index contributed by atoms with van der Waals surface area (Å²) in [4.78, 5) is 12.3. The van der Waals surface area contributed by atoms with Crippen LogP contribution in [-0.4, -0.2) is 47.4 Å². The lowest BCUT2D eigenvalue weighted by Gasteiger charge is -2.63. The molecule has 0 aromatic carbocycles. The van der Waals surface area contributed by atoms with Crippen molar-refractivity contribution in [3.63, 3.8) is 0 Å². The highest BCUT2D eigenvalue weighted by Crippen LogP contribution is 2.53. The van der Waals surface area contributed by atoms with E-state index in [0.717, 1.165) is 12.8 Å². The van der Waals surface area contributed by atoms with Crippen molar-refractivity contribution in [1.29, 1.82) is 0 Å². The van der Waals surface area contributed by atoms with Crippen LogP contribution in [0.3, 0.4) is 0 Å². The molecule has 0 atom stereocenters. The van der Waals surface area contributed by atoms with E-state index in [4.69, 9.17) is 5.11 Å². The molecule has 1 amide bonds. The third-order valence-electron chi connectivity index (χ3n) is 3.60. The molecular weight excluding hydrogens is 211 g/mol. The summed E-state index contributed by atoms with van der Waals surface area (Å²) in [6, 6.07) is 0.298. The maximum Gasteiger partial charge on any atom is 0.407 e. The van der Waals surface area contributed by atoms with Gasteiger partial charge in [-0.3, -0.25) is 4.39 Å². The van der Waals surface area contributed by atoms with Gasteiger partial charge in [-0.05, 0) is 12.8 Å². The van der Waals surface area contributed by atoms with Gasteiger partial charge in [-0.25, -0.2) is 4.79 Å². The molecule has 2 N–H and O–H groups in total. The van der Waals surface area contributed by atoms with Crippen LogP contribution in [0.4, 0.5) is 9.18 Å². The fourth-order valence-corrected chi connectivity index (χ4v) is 3.47. The van der Waals surface area contributed by atoms with Gasteiger partial charge >= 0.3 is 6.09 Å². The minimum absolute atomic E-state index is 0.184. The predicted octanol–water partition coefficient (Wildman–Crippen LogP) is 1.47. The Hall–Kier alpha value is -0.840. The van der Waals surface area contributed by atoms with Crippen LogP contribution in [0, 0.1) is 5.41 Å². The molecule has 0 aromatic heterocycles. The van der Waals surface area contributed by atoms with Crippen molar-refractivity contribution in [3.05, 3.63) is 0 Å². The van der Waals surface area contributed by atoms with E-state index >= 15 is 0 Å². The maximum absolute atomic E-state index is 13.0. The second-order valence-electron chi connectivity index (χ2n) is 5.71. The van der Waals surface area contributed by atoms with Gasteiger partial charge in [-0.15, -0.1) is 0 Å². The lowest BCUT2D eigenvalue weighted by atomic mass is 9.54. The van der Waals surface area contributed by atoms with Crippen molar-refractivity contribution in [2.24, 2.45) is 5.41 Å². The van der Waals surface area contributed by atoms with E-state index in [-0.39, 0.29) is 5.54 Å². The van der Waals surface area contributed by atoms with E-state index in [1.54, 1.807) is 0 Å². The number of piperidine rings is 2. The first-order valence-electron chi connectivity index (χ1n) is 5.72. The molecule has 1 saturated carbocycles. The largest absolute Gasteiger partial charge is 0.465 e. The first-order valence-corrected chi connectivity index (χ1v) is 5.72. The van der Waals surface area contributed by atoms with Gasteiger partial charge in [-0.2, -0.15) is 0 Å². The van der Waals surface area contributed by atoms with Gasteiger partial charge < -0.3 is 15.3 Å². The molecule has 0 unspecified atom stereocenters. The average molecular weight is 230 g/mol. The number of hydrogen-bond donors (Lipinski definition) is 2. The Morgan fingerprint density at radius 1 is 1.50 bits per heavy atom. The minimum Gasteiger partial charge on any atom is -0.465 e. The number of alkyl halides is 1. The molecule has 0 aromatic rings. The molecule has 92 valence electrons. The summed E-state index contributed by atoms with van der Waals surface area (Å²) in [7, 11) is 0. The second-order valence-corrected chi connectivity index (χ2v) is 5.71. The Morgan fingerprint density at radius 3 is 2.56 bits per heavy atom. The number of rotatable bonds is 3. The smallest absolute Gasteiger partial charge is 0.407 e. The van der Waals surface area contributed by atoms with Crippen molar-refractivity contribution in [2.45, 2.75) is 38.3 Å². The van der Waals surface area contributed by atoms with Crippen LogP contribution in [0.5, 0.6) is 0 Å². The Bertz CT molecular complexity index is 300. The standard InChI is InChI=1S/C11H19FN2O2/c1-8(2)13-11-3-10(4-11,5-12)6-14(7-11)9(15)16/h8,13H,3-7H2,1-2H3,(H,15,16). The molecular formula is C11H19FN2O2. The van der Waals surface area contributed by atoms with Crippen molar-refractivity contribution >= 4 is 6.09 Å². The molecule has 2 saturated heterocycles. The number of amides is 1. The summed E-state index contributed by atoms with van der Waals surface area (Å²) in [5.74, 6) is 0. The fourth-order valence-electron chi connectivity index (χ4n) is 3.47. The first-order chi connectivity index (χ1) is 7.40. The number of nitrogens with one attached hydrogen (secondary N) is 1.